The lowest BCUT2D eigenvalue weighted by Crippen LogP contribution is -2.39. The fourth-order valence-electron chi connectivity index (χ4n) is 2.33. The van der Waals surface area contributed by atoms with Crippen LogP contribution < -0.4 is 5.32 Å². The van der Waals surface area contributed by atoms with Crippen LogP contribution in [0.2, 0.25) is 0 Å². The standard InChI is InChI=1S/C16H15F2N3O3S/c17-11-3-6-15(14(18)8-11)20-16(22)10-21(12-4-5-12)25(23,24)13-2-1-7-19-9-13/h1-3,6-9,12H,4-5,10H2,(H,20,22). The Morgan fingerprint density at radius 3 is 2.64 bits per heavy atom. The van der Waals surface area contributed by atoms with Crippen molar-refractivity contribution in [2.24, 2.45) is 0 Å². The zero-order valence-corrected chi connectivity index (χ0v) is 13.8. The Morgan fingerprint density at radius 1 is 1.28 bits per heavy atom. The Kier molecular flexibility index (Phi) is 4.78. The smallest absolute Gasteiger partial charge is 0.245 e. The van der Waals surface area contributed by atoms with Crippen LogP contribution in [0.4, 0.5) is 14.5 Å². The summed E-state index contributed by atoms with van der Waals surface area (Å²) in [5, 5.41) is 2.27. The van der Waals surface area contributed by atoms with Crippen molar-refractivity contribution in [3.05, 3.63) is 54.4 Å². The second kappa shape index (κ2) is 6.85. The van der Waals surface area contributed by atoms with Crippen molar-refractivity contribution in [1.29, 1.82) is 0 Å². The predicted molar refractivity (Wildman–Crippen MR) is 86.1 cm³/mol. The molecule has 0 saturated heterocycles. The molecule has 1 heterocycles. The summed E-state index contributed by atoms with van der Waals surface area (Å²) in [5.74, 6) is -2.40. The van der Waals surface area contributed by atoms with E-state index in [0.717, 1.165) is 16.4 Å². The number of nitrogens with one attached hydrogen (secondary N) is 1. The summed E-state index contributed by atoms with van der Waals surface area (Å²) in [6.07, 6.45) is 3.96. The van der Waals surface area contributed by atoms with Gasteiger partial charge < -0.3 is 5.32 Å². The van der Waals surface area contributed by atoms with Gasteiger partial charge in [0, 0.05) is 24.5 Å². The van der Waals surface area contributed by atoms with Gasteiger partial charge in [-0.05, 0) is 37.1 Å². The summed E-state index contributed by atoms with van der Waals surface area (Å²) < 4.78 is 53.0. The van der Waals surface area contributed by atoms with E-state index in [-0.39, 0.29) is 16.6 Å². The molecule has 1 aromatic carbocycles. The highest BCUT2D eigenvalue weighted by molar-refractivity contribution is 7.89. The molecular formula is C16H15F2N3O3S. The second-order valence-electron chi connectivity index (χ2n) is 5.64. The van der Waals surface area contributed by atoms with Gasteiger partial charge in [-0.1, -0.05) is 0 Å². The molecular weight excluding hydrogens is 352 g/mol. The number of hydrogen-bond acceptors (Lipinski definition) is 4. The largest absolute Gasteiger partial charge is 0.322 e. The first-order valence-electron chi connectivity index (χ1n) is 7.55. The SMILES string of the molecule is O=C(CN(C1CC1)S(=O)(=O)c1cccnc1)Nc1ccc(F)cc1F. The Bertz CT molecular complexity index is 887. The summed E-state index contributed by atoms with van der Waals surface area (Å²) >= 11 is 0. The van der Waals surface area contributed by atoms with E-state index in [1.165, 1.54) is 24.5 Å². The molecule has 0 spiro atoms. The van der Waals surface area contributed by atoms with Crippen LogP contribution in [0.15, 0.2) is 47.6 Å². The van der Waals surface area contributed by atoms with E-state index in [4.69, 9.17) is 0 Å². The molecule has 0 bridgehead atoms. The average molecular weight is 367 g/mol. The highest BCUT2D eigenvalue weighted by Crippen LogP contribution is 2.31. The third-order valence-corrected chi connectivity index (χ3v) is 5.58. The maximum absolute atomic E-state index is 13.6. The minimum atomic E-state index is -3.89. The van der Waals surface area contributed by atoms with Gasteiger partial charge in [-0.3, -0.25) is 9.78 Å². The third kappa shape index (κ3) is 3.99. The van der Waals surface area contributed by atoms with Gasteiger partial charge in [-0.15, -0.1) is 0 Å². The number of halogens is 2. The van der Waals surface area contributed by atoms with Crippen LogP contribution in [0.1, 0.15) is 12.8 Å². The summed E-state index contributed by atoms with van der Waals surface area (Å²) in [6, 6.07) is 5.35. The molecule has 2 aromatic rings. The molecule has 9 heteroatoms. The van der Waals surface area contributed by atoms with Crippen LogP contribution in [-0.2, 0) is 14.8 Å². The van der Waals surface area contributed by atoms with Gasteiger partial charge in [0.25, 0.3) is 0 Å². The van der Waals surface area contributed by atoms with E-state index in [1.54, 1.807) is 0 Å². The lowest BCUT2D eigenvalue weighted by Gasteiger charge is -2.21. The first-order chi connectivity index (χ1) is 11.9. The normalized spacial score (nSPS) is 14.5. The number of nitrogens with zero attached hydrogens (tertiary/aromatic N) is 2. The molecule has 1 N–H and O–H groups in total. The highest BCUT2D eigenvalue weighted by atomic mass is 32.2. The fraction of sp³-hybridized carbons (Fsp3) is 0.250. The van der Waals surface area contributed by atoms with Crippen molar-refractivity contribution in [1.82, 2.24) is 9.29 Å². The Balaban J connectivity index is 1.77. The van der Waals surface area contributed by atoms with E-state index in [9.17, 15) is 22.0 Å². The average Bonchev–Trinajstić information content (AvgIpc) is 3.41. The van der Waals surface area contributed by atoms with E-state index in [1.807, 2.05) is 0 Å². The molecule has 0 unspecified atom stereocenters. The number of carbonyl (C=O) groups excluding carboxylic acids is 1. The molecule has 1 aliphatic carbocycles. The number of amides is 1. The first kappa shape index (κ1) is 17.4. The molecule has 0 aliphatic heterocycles. The number of sulfonamides is 1. The maximum Gasteiger partial charge on any atom is 0.245 e. The lowest BCUT2D eigenvalue weighted by atomic mass is 10.3. The second-order valence-corrected chi connectivity index (χ2v) is 7.53. The molecule has 0 atom stereocenters. The topological polar surface area (TPSA) is 79.4 Å². The van der Waals surface area contributed by atoms with Gasteiger partial charge in [0.2, 0.25) is 15.9 Å². The van der Waals surface area contributed by atoms with Gasteiger partial charge >= 0.3 is 0 Å². The van der Waals surface area contributed by atoms with Crippen LogP contribution in [-0.4, -0.2) is 36.2 Å². The summed E-state index contributed by atoms with van der Waals surface area (Å²) in [4.78, 5) is 16.0. The monoisotopic (exact) mass is 367 g/mol. The Hall–Kier alpha value is -2.39. The summed E-state index contributed by atoms with van der Waals surface area (Å²) in [5.41, 5.74) is -0.207. The predicted octanol–water partition coefficient (Wildman–Crippen LogP) is 2.15. The summed E-state index contributed by atoms with van der Waals surface area (Å²) in [7, 11) is -3.89. The van der Waals surface area contributed by atoms with Crippen LogP contribution in [0.25, 0.3) is 0 Å². The van der Waals surface area contributed by atoms with E-state index >= 15 is 0 Å². The molecule has 25 heavy (non-hydrogen) atoms. The van der Waals surface area contributed by atoms with E-state index in [0.29, 0.717) is 18.9 Å². The Labute approximate surface area is 143 Å². The van der Waals surface area contributed by atoms with Gasteiger partial charge in [0.1, 0.15) is 16.5 Å². The van der Waals surface area contributed by atoms with E-state index < -0.39 is 34.1 Å². The number of hydrogen-bond donors (Lipinski definition) is 1. The van der Waals surface area contributed by atoms with Crippen molar-refractivity contribution in [2.75, 3.05) is 11.9 Å². The number of benzene rings is 1. The van der Waals surface area contributed by atoms with Gasteiger partial charge in [0.05, 0.1) is 12.2 Å². The van der Waals surface area contributed by atoms with Crippen molar-refractivity contribution < 1.29 is 22.0 Å². The van der Waals surface area contributed by atoms with E-state index in [2.05, 4.69) is 10.3 Å². The molecule has 1 fully saturated rings. The molecule has 1 aromatic heterocycles. The van der Waals surface area contributed by atoms with Crippen molar-refractivity contribution >= 4 is 21.6 Å². The van der Waals surface area contributed by atoms with Gasteiger partial charge in [-0.2, -0.15) is 4.31 Å². The van der Waals surface area contributed by atoms with Gasteiger partial charge in [0.15, 0.2) is 0 Å². The van der Waals surface area contributed by atoms with Crippen LogP contribution >= 0.6 is 0 Å². The lowest BCUT2D eigenvalue weighted by molar-refractivity contribution is -0.116. The highest BCUT2D eigenvalue weighted by Gasteiger charge is 2.39. The molecule has 132 valence electrons. The molecule has 3 rings (SSSR count). The Morgan fingerprint density at radius 2 is 2.04 bits per heavy atom. The van der Waals surface area contributed by atoms with Crippen molar-refractivity contribution in [2.45, 2.75) is 23.8 Å². The zero-order chi connectivity index (χ0) is 18.0. The molecule has 1 saturated carbocycles. The quantitative estimate of drug-likeness (QED) is 0.849. The number of pyridine rings is 1. The minimum Gasteiger partial charge on any atom is -0.322 e. The number of anilines is 1. The van der Waals surface area contributed by atoms with Crippen LogP contribution in [0.5, 0.6) is 0 Å². The number of rotatable bonds is 6. The van der Waals surface area contributed by atoms with Crippen LogP contribution in [0, 0.1) is 11.6 Å². The molecule has 0 radical (unpaired) electrons. The molecule has 6 nitrogen and oxygen atoms in total. The van der Waals surface area contributed by atoms with Crippen molar-refractivity contribution in [3.63, 3.8) is 0 Å². The van der Waals surface area contributed by atoms with Crippen LogP contribution in [0.3, 0.4) is 0 Å². The molecule has 1 aliphatic rings. The summed E-state index contributed by atoms with van der Waals surface area (Å²) in [6.45, 7) is -0.460. The fourth-order valence-corrected chi connectivity index (χ4v) is 3.94. The van der Waals surface area contributed by atoms with Crippen molar-refractivity contribution in [3.8, 4) is 0 Å². The molecule has 1 amide bonds. The zero-order valence-electron chi connectivity index (χ0n) is 13.0. The number of aromatic nitrogens is 1. The third-order valence-electron chi connectivity index (χ3n) is 3.70. The number of carbonyl (C=O) groups is 1. The maximum atomic E-state index is 13.6. The first-order valence-corrected chi connectivity index (χ1v) is 8.99. The minimum absolute atomic E-state index is 0.0114. The van der Waals surface area contributed by atoms with Gasteiger partial charge in [-0.25, -0.2) is 17.2 Å².